The lowest BCUT2D eigenvalue weighted by atomic mass is 10.1. The number of hydrogen-bond donors (Lipinski definition) is 1. The minimum Gasteiger partial charge on any atom is -0.322 e. The molecule has 0 bridgehead atoms. The van der Waals surface area contributed by atoms with Gasteiger partial charge in [-0.25, -0.2) is 4.39 Å². The fourth-order valence-electron chi connectivity index (χ4n) is 1.85. The summed E-state index contributed by atoms with van der Waals surface area (Å²) < 4.78 is 13.2. The summed E-state index contributed by atoms with van der Waals surface area (Å²) in [5, 5.41) is 20.4. The SMILES string of the molecule is Cc1ccc(F)cc1C(=O)Nc1ccc(C#N)c(C#N)c1. The lowest BCUT2D eigenvalue weighted by molar-refractivity contribution is 0.102. The topological polar surface area (TPSA) is 76.7 Å². The molecule has 0 aliphatic heterocycles. The molecule has 0 unspecified atom stereocenters. The Kier molecular flexibility index (Phi) is 3.97. The van der Waals surface area contributed by atoms with Crippen molar-refractivity contribution < 1.29 is 9.18 Å². The minimum atomic E-state index is -0.497. The molecule has 0 atom stereocenters. The van der Waals surface area contributed by atoms with Gasteiger partial charge in [-0.3, -0.25) is 4.79 Å². The first-order valence-corrected chi connectivity index (χ1v) is 6.07. The minimum absolute atomic E-state index is 0.172. The van der Waals surface area contributed by atoms with Gasteiger partial charge >= 0.3 is 0 Å². The van der Waals surface area contributed by atoms with Crippen molar-refractivity contribution in [3.05, 3.63) is 64.5 Å². The Labute approximate surface area is 121 Å². The van der Waals surface area contributed by atoms with Crippen molar-refractivity contribution in [1.82, 2.24) is 0 Å². The Morgan fingerprint density at radius 1 is 1.10 bits per heavy atom. The van der Waals surface area contributed by atoms with Crippen LogP contribution in [-0.4, -0.2) is 5.91 Å². The number of carbonyl (C=O) groups excluding carboxylic acids is 1. The summed E-state index contributed by atoms with van der Waals surface area (Å²) in [5.74, 6) is -0.969. The molecule has 0 aliphatic carbocycles. The van der Waals surface area contributed by atoms with Gasteiger partial charge in [0.15, 0.2) is 0 Å². The van der Waals surface area contributed by atoms with E-state index in [0.29, 0.717) is 11.3 Å². The van der Waals surface area contributed by atoms with Crippen LogP contribution in [0.3, 0.4) is 0 Å². The summed E-state index contributed by atoms with van der Waals surface area (Å²) in [6.45, 7) is 1.70. The van der Waals surface area contributed by atoms with Crippen molar-refractivity contribution in [2.75, 3.05) is 5.32 Å². The van der Waals surface area contributed by atoms with Crippen LogP contribution in [0.5, 0.6) is 0 Å². The van der Waals surface area contributed by atoms with E-state index < -0.39 is 11.7 Å². The number of rotatable bonds is 2. The zero-order valence-corrected chi connectivity index (χ0v) is 11.1. The Morgan fingerprint density at radius 2 is 1.81 bits per heavy atom. The molecule has 0 radical (unpaired) electrons. The second-order valence-corrected chi connectivity index (χ2v) is 4.40. The van der Waals surface area contributed by atoms with E-state index in [1.54, 1.807) is 6.92 Å². The molecule has 0 spiro atoms. The number of benzene rings is 2. The molecular weight excluding hydrogens is 269 g/mol. The zero-order valence-electron chi connectivity index (χ0n) is 11.1. The number of anilines is 1. The molecule has 2 aromatic rings. The van der Waals surface area contributed by atoms with E-state index in [4.69, 9.17) is 10.5 Å². The number of nitrogens with one attached hydrogen (secondary N) is 1. The second-order valence-electron chi connectivity index (χ2n) is 4.40. The number of hydrogen-bond acceptors (Lipinski definition) is 3. The van der Waals surface area contributed by atoms with Gasteiger partial charge in [0.2, 0.25) is 0 Å². The highest BCUT2D eigenvalue weighted by molar-refractivity contribution is 6.05. The van der Waals surface area contributed by atoms with Crippen molar-refractivity contribution in [2.45, 2.75) is 6.92 Å². The van der Waals surface area contributed by atoms with E-state index in [2.05, 4.69) is 5.32 Å². The van der Waals surface area contributed by atoms with Crippen molar-refractivity contribution in [3.63, 3.8) is 0 Å². The highest BCUT2D eigenvalue weighted by Gasteiger charge is 2.11. The second kappa shape index (κ2) is 5.85. The molecule has 4 nitrogen and oxygen atoms in total. The van der Waals surface area contributed by atoms with E-state index in [1.165, 1.54) is 30.3 Å². The van der Waals surface area contributed by atoms with Gasteiger partial charge in [0, 0.05) is 11.3 Å². The maximum absolute atomic E-state index is 13.2. The van der Waals surface area contributed by atoms with Crippen LogP contribution < -0.4 is 5.32 Å². The average molecular weight is 279 g/mol. The highest BCUT2D eigenvalue weighted by atomic mass is 19.1. The molecular formula is C16H10FN3O. The third kappa shape index (κ3) is 3.05. The van der Waals surface area contributed by atoms with Crippen molar-refractivity contribution in [1.29, 1.82) is 10.5 Å². The van der Waals surface area contributed by atoms with E-state index in [9.17, 15) is 9.18 Å². The number of carbonyl (C=O) groups is 1. The number of nitrogens with zero attached hydrogens (tertiary/aromatic N) is 2. The normalized spacial score (nSPS) is 9.52. The number of halogens is 1. The van der Waals surface area contributed by atoms with Crippen LogP contribution in [0.4, 0.5) is 10.1 Å². The van der Waals surface area contributed by atoms with Gasteiger partial charge in [0.25, 0.3) is 5.91 Å². The molecule has 2 rings (SSSR count). The standard InChI is InChI=1S/C16H10FN3O/c1-10-2-4-13(17)7-15(10)16(21)20-14-5-3-11(8-18)12(6-14)9-19/h2-7H,1H3,(H,20,21). The molecule has 2 aromatic carbocycles. The molecule has 21 heavy (non-hydrogen) atoms. The van der Waals surface area contributed by atoms with Crippen LogP contribution in [0.1, 0.15) is 27.0 Å². The fraction of sp³-hybridized carbons (Fsp3) is 0.0625. The van der Waals surface area contributed by atoms with Crippen molar-refractivity contribution in [3.8, 4) is 12.1 Å². The van der Waals surface area contributed by atoms with Gasteiger partial charge in [-0.15, -0.1) is 0 Å². The van der Waals surface area contributed by atoms with Gasteiger partial charge in [0.05, 0.1) is 11.1 Å². The summed E-state index contributed by atoms with van der Waals surface area (Å²) in [7, 11) is 0. The van der Waals surface area contributed by atoms with Gasteiger partial charge in [0.1, 0.15) is 18.0 Å². The molecule has 0 saturated heterocycles. The predicted octanol–water partition coefficient (Wildman–Crippen LogP) is 3.13. The highest BCUT2D eigenvalue weighted by Crippen LogP contribution is 2.17. The summed E-state index contributed by atoms with van der Waals surface area (Å²) in [6, 6.07) is 12.1. The van der Waals surface area contributed by atoms with Gasteiger partial charge in [-0.05, 0) is 42.8 Å². The van der Waals surface area contributed by atoms with Crippen LogP contribution in [0.2, 0.25) is 0 Å². The maximum Gasteiger partial charge on any atom is 0.256 e. The molecule has 0 aromatic heterocycles. The van der Waals surface area contributed by atoms with Crippen LogP contribution >= 0.6 is 0 Å². The van der Waals surface area contributed by atoms with Crippen LogP contribution in [0, 0.1) is 35.4 Å². The Bertz CT molecular complexity index is 800. The maximum atomic E-state index is 13.2. The molecule has 102 valence electrons. The Hall–Kier alpha value is -3.18. The van der Waals surface area contributed by atoms with Gasteiger partial charge < -0.3 is 5.32 Å². The molecule has 0 saturated carbocycles. The van der Waals surface area contributed by atoms with Crippen LogP contribution in [-0.2, 0) is 0 Å². The summed E-state index contributed by atoms with van der Waals surface area (Å²) in [6.07, 6.45) is 0. The lowest BCUT2D eigenvalue weighted by Crippen LogP contribution is -2.13. The largest absolute Gasteiger partial charge is 0.322 e. The molecule has 1 N–H and O–H groups in total. The van der Waals surface area contributed by atoms with Crippen LogP contribution in [0.25, 0.3) is 0 Å². The number of nitriles is 2. The monoisotopic (exact) mass is 279 g/mol. The first-order valence-electron chi connectivity index (χ1n) is 6.07. The Balaban J connectivity index is 2.30. The van der Waals surface area contributed by atoms with E-state index in [-0.39, 0.29) is 16.7 Å². The quantitative estimate of drug-likeness (QED) is 0.917. The Morgan fingerprint density at radius 3 is 2.48 bits per heavy atom. The van der Waals surface area contributed by atoms with E-state index in [1.807, 2.05) is 12.1 Å². The van der Waals surface area contributed by atoms with E-state index >= 15 is 0 Å². The zero-order chi connectivity index (χ0) is 15.4. The summed E-state index contributed by atoms with van der Waals surface area (Å²) in [4.78, 5) is 12.1. The lowest BCUT2D eigenvalue weighted by Gasteiger charge is -2.08. The average Bonchev–Trinajstić information content (AvgIpc) is 2.49. The molecule has 1 amide bonds. The van der Waals surface area contributed by atoms with Crippen molar-refractivity contribution >= 4 is 11.6 Å². The first-order chi connectivity index (χ1) is 10.0. The summed E-state index contributed by atoms with van der Waals surface area (Å²) in [5.41, 5.74) is 1.64. The summed E-state index contributed by atoms with van der Waals surface area (Å²) >= 11 is 0. The fourth-order valence-corrected chi connectivity index (χ4v) is 1.85. The third-order valence-corrected chi connectivity index (χ3v) is 2.96. The molecule has 5 heteroatoms. The first kappa shape index (κ1) is 14.2. The molecule has 0 fully saturated rings. The van der Waals surface area contributed by atoms with Gasteiger partial charge in [-0.2, -0.15) is 10.5 Å². The number of amides is 1. The van der Waals surface area contributed by atoms with Crippen molar-refractivity contribution in [2.24, 2.45) is 0 Å². The van der Waals surface area contributed by atoms with E-state index in [0.717, 1.165) is 6.07 Å². The smallest absolute Gasteiger partial charge is 0.256 e. The van der Waals surface area contributed by atoms with Crippen LogP contribution in [0.15, 0.2) is 36.4 Å². The molecule has 0 aliphatic rings. The van der Waals surface area contributed by atoms with Gasteiger partial charge in [-0.1, -0.05) is 6.07 Å². The third-order valence-electron chi connectivity index (χ3n) is 2.96. The predicted molar refractivity (Wildman–Crippen MR) is 75.0 cm³/mol. The molecule has 0 heterocycles. The number of aryl methyl sites for hydroxylation is 1.